The molecule has 0 amide bonds. The Morgan fingerprint density at radius 2 is 1.96 bits per heavy atom. The van der Waals surface area contributed by atoms with Crippen molar-refractivity contribution in [2.24, 2.45) is 0 Å². The van der Waals surface area contributed by atoms with Crippen LogP contribution in [0.15, 0.2) is 47.0 Å². The van der Waals surface area contributed by atoms with E-state index in [1.807, 2.05) is 36.4 Å². The average molecular weight is 401 g/mol. The van der Waals surface area contributed by atoms with Gasteiger partial charge in [0.25, 0.3) is 5.89 Å². The summed E-state index contributed by atoms with van der Waals surface area (Å²) >= 11 is 5.95. The van der Waals surface area contributed by atoms with Gasteiger partial charge in [0.05, 0.1) is 26.3 Å². The molecule has 2 aromatic carbocycles. The first-order valence-corrected chi connectivity index (χ1v) is 9.70. The van der Waals surface area contributed by atoms with Gasteiger partial charge in [0.15, 0.2) is 6.54 Å². The number of nitrogens with one attached hydrogen (secondary N) is 1. The molecule has 3 aromatic rings. The summed E-state index contributed by atoms with van der Waals surface area (Å²) < 4.78 is 16.5. The van der Waals surface area contributed by atoms with Crippen molar-refractivity contribution in [1.82, 2.24) is 10.1 Å². The van der Waals surface area contributed by atoms with E-state index in [0.717, 1.165) is 42.0 Å². The van der Waals surface area contributed by atoms with Crippen LogP contribution in [-0.2, 0) is 6.54 Å². The number of nitrogens with zero attached hydrogens (tertiary/aromatic N) is 2. The minimum absolute atomic E-state index is 0.302. The quantitative estimate of drug-likeness (QED) is 0.687. The predicted molar refractivity (Wildman–Crippen MR) is 106 cm³/mol. The summed E-state index contributed by atoms with van der Waals surface area (Å²) in [6, 6.07) is 13.7. The Bertz CT molecular complexity index is 942. The molecular weight excluding hydrogens is 378 g/mol. The first kappa shape index (κ1) is 18.8. The molecule has 4 rings (SSSR count). The van der Waals surface area contributed by atoms with Crippen LogP contribution >= 0.6 is 11.6 Å². The van der Waals surface area contributed by atoms with Gasteiger partial charge in [0.2, 0.25) is 5.82 Å². The van der Waals surface area contributed by atoms with E-state index >= 15 is 0 Å². The molecule has 1 fully saturated rings. The van der Waals surface area contributed by atoms with Crippen molar-refractivity contribution < 1.29 is 18.9 Å². The fourth-order valence-electron chi connectivity index (χ4n) is 3.85. The predicted octanol–water partition coefficient (Wildman–Crippen LogP) is 3.33. The fraction of sp³-hybridized carbons (Fsp3) is 0.333. The first-order valence-electron chi connectivity index (χ1n) is 9.33. The summed E-state index contributed by atoms with van der Waals surface area (Å²) in [4.78, 5) is 5.97. The molecule has 28 heavy (non-hydrogen) atoms. The number of methoxy groups -OCH3 is 2. The van der Waals surface area contributed by atoms with Crippen molar-refractivity contribution in [2.75, 3.05) is 20.8 Å². The number of halogens is 1. The molecule has 1 aliphatic heterocycles. The second kappa shape index (κ2) is 8.20. The second-order valence-electron chi connectivity index (χ2n) is 6.91. The SMILES string of the molecule is COc1ccc(OC)c([C@@H]2CCC[NH+]2Cc2nc(-c3ccc(Cl)cc3)no2)c1. The van der Waals surface area contributed by atoms with Crippen LogP contribution in [-0.4, -0.2) is 30.9 Å². The Labute approximate surface area is 169 Å². The maximum atomic E-state index is 5.95. The summed E-state index contributed by atoms with van der Waals surface area (Å²) in [6.45, 7) is 1.72. The van der Waals surface area contributed by atoms with E-state index in [1.54, 1.807) is 14.2 Å². The molecule has 6 nitrogen and oxygen atoms in total. The van der Waals surface area contributed by atoms with E-state index in [9.17, 15) is 0 Å². The van der Waals surface area contributed by atoms with Crippen molar-refractivity contribution in [1.29, 1.82) is 0 Å². The number of ether oxygens (including phenoxy) is 2. The molecule has 1 unspecified atom stereocenters. The third-order valence-electron chi connectivity index (χ3n) is 5.24. The smallest absolute Gasteiger partial charge is 0.282 e. The van der Waals surface area contributed by atoms with Crippen molar-refractivity contribution in [3.8, 4) is 22.9 Å². The minimum atomic E-state index is 0.302. The van der Waals surface area contributed by atoms with E-state index in [2.05, 4.69) is 16.2 Å². The zero-order valence-electron chi connectivity index (χ0n) is 15.9. The van der Waals surface area contributed by atoms with Crippen LogP contribution in [0.4, 0.5) is 0 Å². The average Bonchev–Trinajstić information content (AvgIpc) is 3.38. The van der Waals surface area contributed by atoms with Gasteiger partial charge in [-0.25, -0.2) is 0 Å². The van der Waals surface area contributed by atoms with Crippen molar-refractivity contribution in [2.45, 2.75) is 25.4 Å². The summed E-state index contributed by atoms with van der Waals surface area (Å²) in [6.07, 6.45) is 2.22. The lowest BCUT2D eigenvalue weighted by Crippen LogP contribution is -3.09. The third kappa shape index (κ3) is 3.84. The highest BCUT2D eigenvalue weighted by Crippen LogP contribution is 2.32. The summed E-state index contributed by atoms with van der Waals surface area (Å²) in [5.74, 6) is 2.94. The highest BCUT2D eigenvalue weighted by Gasteiger charge is 2.34. The molecule has 1 N–H and O–H groups in total. The zero-order chi connectivity index (χ0) is 19.5. The lowest BCUT2D eigenvalue weighted by molar-refractivity contribution is -0.933. The summed E-state index contributed by atoms with van der Waals surface area (Å²) in [7, 11) is 3.39. The van der Waals surface area contributed by atoms with Crippen LogP contribution in [0.25, 0.3) is 11.4 Å². The van der Waals surface area contributed by atoms with Crippen LogP contribution in [0.3, 0.4) is 0 Å². The highest BCUT2D eigenvalue weighted by atomic mass is 35.5. The van der Waals surface area contributed by atoms with E-state index in [1.165, 1.54) is 4.90 Å². The maximum Gasteiger partial charge on any atom is 0.282 e. The molecule has 2 heterocycles. The van der Waals surface area contributed by atoms with Crippen molar-refractivity contribution in [3.05, 3.63) is 58.9 Å². The maximum absolute atomic E-state index is 5.95. The molecule has 146 valence electrons. The Morgan fingerprint density at radius 3 is 2.71 bits per heavy atom. The van der Waals surface area contributed by atoms with Crippen molar-refractivity contribution >= 4 is 11.6 Å². The molecule has 0 bridgehead atoms. The minimum Gasteiger partial charge on any atom is -0.497 e. The van der Waals surface area contributed by atoms with Gasteiger partial charge in [0, 0.05) is 23.4 Å². The van der Waals surface area contributed by atoms with Crippen LogP contribution in [0.2, 0.25) is 5.02 Å². The Balaban J connectivity index is 1.54. The normalized spacial score (nSPS) is 19.0. The lowest BCUT2D eigenvalue weighted by atomic mass is 10.0. The number of hydrogen-bond donors (Lipinski definition) is 1. The van der Waals surface area contributed by atoms with Crippen LogP contribution in [0.1, 0.15) is 30.3 Å². The van der Waals surface area contributed by atoms with Gasteiger partial charge < -0.3 is 18.9 Å². The van der Waals surface area contributed by atoms with Gasteiger partial charge in [-0.2, -0.15) is 4.98 Å². The standard InChI is InChI=1S/C21H22ClN3O3/c1-26-16-9-10-19(27-2)17(12-16)18-4-3-11-25(18)13-20-23-21(24-28-20)14-5-7-15(22)8-6-14/h5-10,12,18H,3-4,11,13H2,1-2H3/p+1/t18-/m0/s1. The van der Waals surface area contributed by atoms with Crippen LogP contribution in [0, 0.1) is 0 Å². The topological polar surface area (TPSA) is 61.8 Å². The number of likely N-dealkylation sites (tertiary alicyclic amines) is 1. The molecule has 0 spiro atoms. The number of hydrogen-bond acceptors (Lipinski definition) is 5. The number of quaternary nitrogens is 1. The van der Waals surface area contributed by atoms with Crippen LogP contribution < -0.4 is 14.4 Å². The number of benzene rings is 2. The molecular formula is C21H23ClN3O3+. The number of rotatable bonds is 6. The molecule has 0 saturated carbocycles. The van der Waals surface area contributed by atoms with Crippen molar-refractivity contribution in [3.63, 3.8) is 0 Å². The van der Waals surface area contributed by atoms with E-state index in [4.69, 9.17) is 25.6 Å². The lowest BCUT2D eigenvalue weighted by Gasteiger charge is -2.22. The Morgan fingerprint density at radius 1 is 1.14 bits per heavy atom. The number of aromatic nitrogens is 2. The van der Waals surface area contributed by atoms with E-state index < -0.39 is 0 Å². The molecule has 0 radical (unpaired) electrons. The van der Waals surface area contributed by atoms with E-state index in [0.29, 0.717) is 29.3 Å². The zero-order valence-corrected chi connectivity index (χ0v) is 16.7. The van der Waals surface area contributed by atoms with Gasteiger partial charge in [-0.15, -0.1) is 0 Å². The van der Waals surface area contributed by atoms with Gasteiger partial charge in [-0.3, -0.25) is 0 Å². The largest absolute Gasteiger partial charge is 0.497 e. The van der Waals surface area contributed by atoms with Gasteiger partial charge >= 0.3 is 0 Å². The molecule has 2 atom stereocenters. The first-order chi connectivity index (χ1) is 13.7. The van der Waals surface area contributed by atoms with Gasteiger partial charge in [0.1, 0.15) is 17.5 Å². The Hall–Kier alpha value is -2.57. The summed E-state index contributed by atoms with van der Waals surface area (Å²) in [5, 5.41) is 4.81. The van der Waals surface area contributed by atoms with E-state index in [-0.39, 0.29) is 0 Å². The van der Waals surface area contributed by atoms with Crippen LogP contribution in [0.5, 0.6) is 11.5 Å². The Kier molecular flexibility index (Phi) is 5.50. The highest BCUT2D eigenvalue weighted by molar-refractivity contribution is 6.30. The molecule has 1 aromatic heterocycles. The molecule has 7 heteroatoms. The fourth-order valence-corrected chi connectivity index (χ4v) is 3.97. The monoisotopic (exact) mass is 400 g/mol. The molecule has 1 aliphatic rings. The second-order valence-corrected chi connectivity index (χ2v) is 7.34. The third-order valence-corrected chi connectivity index (χ3v) is 5.50. The molecule has 1 saturated heterocycles. The van der Waals surface area contributed by atoms with Gasteiger partial charge in [-0.1, -0.05) is 16.8 Å². The summed E-state index contributed by atoms with van der Waals surface area (Å²) in [5.41, 5.74) is 2.05. The van der Waals surface area contributed by atoms with Gasteiger partial charge in [-0.05, 0) is 42.5 Å². The molecule has 0 aliphatic carbocycles.